The summed E-state index contributed by atoms with van der Waals surface area (Å²) < 4.78 is 5.74. The summed E-state index contributed by atoms with van der Waals surface area (Å²) in [5.74, 6) is 1.50. The molecule has 0 aliphatic rings. The van der Waals surface area contributed by atoms with Crippen LogP contribution in [0.5, 0.6) is 5.75 Å². The number of hydrogen-bond acceptors (Lipinski definition) is 3. The van der Waals surface area contributed by atoms with Gasteiger partial charge in [0.1, 0.15) is 5.75 Å². The van der Waals surface area contributed by atoms with E-state index in [1.54, 1.807) is 0 Å². The van der Waals surface area contributed by atoms with Crippen LogP contribution in [0.2, 0.25) is 0 Å². The van der Waals surface area contributed by atoms with Crippen molar-refractivity contribution < 1.29 is 4.74 Å². The Labute approximate surface area is 133 Å². The maximum Gasteiger partial charge on any atom is 0.122 e. The normalized spacial score (nSPS) is 12.6. The lowest BCUT2D eigenvalue weighted by Crippen LogP contribution is -2.14. The largest absolute Gasteiger partial charge is 0.493 e. The van der Waals surface area contributed by atoms with Crippen molar-refractivity contribution in [1.29, 1.82) is 0 Å². The zero-order valence-corrected chi connectivity index (χ0v) is 14.0. The van der Waals surface area contributed by atoms with Gasteiger partial charge in [-0.3, -0.25) is 5.10 Å². The standard InChI is InChI=1S/C18H27N3O/c1-5-8-22-18-7-6-14(9-13(18)4)15(11-19)17-10-16(12(2)3)20-21-17/h6-7,9-10,12,15H,5,8,11,19H2,1-4H3,(H,20,21). The Morgan fingerprint density at radius 1 is 1.27 bits per heavy atom. The molecule has 2 aromatic rings. The van der Waals surface area contributed by atoms with Crippen LogP contribution in [0.3, 0.4) is 0 Å². The van der Waals surface area contributed by atoms with Gasteiger partial charge in [0.05, 0.1) is 12.3 Å². The first-order valence-electron chi connectivity index (χ1n) is 8.05. The molecule has 3 N–H and O–H groups in total. The van der Waals surface area contributed by atoms with Crippen LogP contribution in [0.25, 0.3) is 0 Å². The third-order valence-electron chi connectivity index (χ3n) is 3.88. The van der Waals surface area contributed by atoms with Crippen LogP contribution in [-0.2, 0) is 0 Å². The number of nitrogens with one attached hydrogen (secondary N) is 1. The number of rotatable bonds is 7. The van der Waals surface area contributed by atoms with Crippen LogP contribution in [0.4, 0.5) is 0 Å². The highest BCUT2D eigenvalue weighted by Crippen LogP contribution is 2.28. The second-order valence-electron chi connectivity index (χ2n) is 6.06. The molecule has 4 heteroatoms. The fourth-order valence-corrected chi connectivity index (χ4v) is 2.53. The van der Waals surface area contributed by atoms with E-state index < -0.39 is 0 Å². The van der Waals surface area contributed by atoms with E-state index in [2.05, 4.69) is 56.1 Å². The summed E-state index contributed by atoms with van der Waals surface area (Å²) in [6.07, 6.45) is 1.01. The lowest BCUT2D eigenvalue weighted by Gasteiger charge is -2.16. The fraction of sp³-hybridized carbons (Fsp3) is 0.500. The van der Waals surface area contributed by atoms with E-state index >= 15 is 0 Å². The number of aromatic amines is 1. The third kappa shape index (κ3) is 3.69. The predicted octanol–water partition coefficient (Wildman–Crippen LogP) is 3.72. The van der Waals surface area contributed by atoms with Gasteiger partial charge in [0.2, 0.25) is 0 Å². The number of benzene rings is 1. The molecular weight excluding hydrogens is 274 g/mol. The number of nitrogens with zero attached hydrogens (tertiary/aromatic N) is 1. The fourth-order valence-electron chi connectivity index (χ4n) is 2.53. The highest BCUT2D eigenvalue weighted by Gasteiger charge is 2.17. The van der Waals surface area contributed by atoms with E-state index in [1.807, 2.05) is 6.07 Å². The Kier molecular flexibility index (Phi) is 5.61. The van der Waals surface area contributed by atoms with Crippen LogP contribution in [0, 0.1) is 6.92 Å². The van der Waals surface area contributed by atoms with E-state index in [9.17, 15) is 0 Å². The van der Waals surface area contributed by atoms with Crippen LogP contribution in [0.15, 0.2) is 24.3 Å². The molecule has 1 aromatic heterocycles. The molecule has 2 rings (SSSR count). The SMILES string of the molecule is CCCOc1ccc(C(CN)c2cc(C(C)C)n[nH]2)cc1C. The van der Waals surface area contributed by atoms with Crippen molar-refractivity contribution in [2.75, 3.05) is 13.2 Å². The summed E-state index contributed by atoms with van der Waals surface area (Å²) >= 11 is 0. The maximum absolute atomic E-state index is 6.01. The van der Waals surface area contributed by atoms with E-state index in [-0.39, 0.29) is 5.92 Å². The summed E-state index contributed by atoms with van der Waals surface area (Å²) in [6.45, 7) is 9.77. The van der Waals surface area contributed by atoms with E-state index in [1.165, 1.54) is 5.56 Å². The zero-order valence-electron chi connectivity index (χ0n) is 14.0. The topological polar surface area (TPSA) is 63.9 Å². The maximum atomic E-state index is 6.01. The summed E-state index contributed by atoms with van der Waals surface area (Å²) in [6, 6.07) is 8.44. The monoisotopic (exact) mass is 301 g/mol. The van der Waals surface area contributed by atoms with Crippen LogP contribution in [-0.4, -0.2) is 23.3 Å². The molecule has 0 aliphatic heterocycles. The van der Waals surface area contributed by atoms with Gasteiger partial charge in [-0.15, -0.1) is 0 Å². The van der Waals surface area contributed by atoms with Gasteiger partial charge in [0.25, 0.3) is 0 Å². The highest BCUT2D eigenvalue weighted by atomic mass is 16.5. The number of aryl methyl sites for hydroxylation is 1. The molecule has 0 aliphatic carbocycles. The van der Waals surface area contributed by atoms with E-state index in [0.29, 0.717) is 12.5 Å². The predicted molar refractivity (Wildman–Crippen MR) is 90.5 cm³/mol. The average Bonchev–Trinajstić information content (AvgIpc) is 2.97. The van der Waals surface area contributed by atoms with Gasteiger partial charge in [-0.1, -0.05) is 32.9 Å². The van der Waals surface area contributed by atoms with E-state index in [4.69, 9.17) is 10.5 Å². The number of nitrogens with two attached hydrogens (primary N) is 1. The van der Waals surface area contributed by atoms with Crippen molar-refractivity contribution in [3.63, 3.8) is 0 Å². The van der Waals surface area contributed by atoms with Gasteiger partial charge in [-0.2, -0.15) is 5.10 Å². The lowest BCUT2D eigenvalue weighted by molar-refractivity contribution is 0.315. The van der Waals surface area contributed by atoms with Crippen molar-refractivity contribution in [2.45, 2.75) is 46.0 Å². The molecular formula is C18H27N3O. The van der Waals surface area contributed by atoms with E-state index in [0.717, 1.165) is 35.7 Å². The zero-order chi connectivity index (χ0) is 16.1. The molecule has 0 spiro atoms. The van der Waals surface area contributed by atoms with Crippen molar-refractivity contribution in [1.82, 2.24) is 10.2 Å². The second kappa shape index (κ2) is 7.45. The number of ether oxygens (including phenoxy) is 1. The number of H-pyrrole nitrogens is 1. The Bertz CT molecular complexity index is 604. The van der Waals surface area contributed by atoms with Crippen LogP contribution < -0.4 is 10.5 Å². The van der Waals surface area contributed by atoms with Gasteiger partial charge >= 0.3 is 0 Å². The Balaban J connectivity index is 2.24. The van der Waals surface area contributed by atoms with Crippen LogP contribution in [0.1, 0.15) is 61.5 Å². The molecule has 0 fully saturated rings. The minimum absolute atomic E-state index is 0.138. The first-order valence-corrected chi connectivity index (χ1v) is 8.05. The Hall–Kier alpha value is -1.81. The third-order valence-corrected chi connectivity index (χ3v) is 3.88. The Morgan fingerprint density at radius 3 is 2.59 bits per heavy atom. The molecule has 1 atom stereocenters. The van der Waals surface area contributed by atoms with Crippen molar-refractivity contribution >= 4 is 0 Å². The summed E-state index contributed by atoms with van der Waals surface area (Å²) in [4.78, 5) is 0. The smallest absolute Gasteiger partial charge is 0.122 e. The molecule has 0 bridgehead atoms. The van der Waals surface area contributed by atoms with Gasteiger partial charge < -0.3 is 10.5 Å². The summed E-state index contributed by atoms with van der Waals surface area (Å²) in [5, 5.41) is 7.53. The first kappa shape index (κ1) is 16.6. The van der Waals surface area contributed by atoms with Crippen LogP contribution >= 0.6 is 0 Å². The second-order valence-corrected chi connectivity index (χ2v) is 6.06. The first-order chi connectivity index (χ1) is 10.6. The lowest BCUT2D eigenvalue weighted by atomic mass is 9.93. The molecule has 120 valence electrons. The average molecular weight is 301 g/mol. The molecule has 0 radical (unpaired) electrons. The van der Waals surface area contributed by atoms with Crippen molar-refractivity contribution in [3.05, 3.63) is 46.8 Å². The number of aromatic nitrogens is 2. The van der Waals surface area contributed by atoms with Gasteiger partial charge in [-0.25, -0.2) is 0 Å². The number of hydrogen-bond donors (Lipinski definition) is 2. The molecule has 0 amide bonds. The molecule has 0 saturated carbocycles. The highest BCUT2D eigenvalue weighted by molar-refractivity contribution is 5.40. The van der Waals surface area contributed by atoms with Gasteiger partial charge in [-0.05, 0) is 42.5 Å². The van der Waals surface area contributed by atoms with Crippen molar-refractivity contribution in [2.24, 2.45) is 5.73 Å². The Morgan fingerprint density at radius 2 is 2.05 bits per heavy atom. The molecule has 22 heavy (non-hydrogen) atoms. The van der Waals surface area contributed by atoms with Gasteiger partial charge in [0, 0.05) is 18.2 Å². The molecule has 4 nitrogen and oxygen atoms in total. The van der Waals surface area contributed by atoms with Gasteiger partial charge in [0.15, 0.2) is 0 Å². The quantitative estimate of drug-likeness (QED) is 0.819. The van der Waals surface area contributed by atoms with Crippen molar-refractivity contribution in [3.8, 4) is 5.75 Å². The minimum Gasteiger partial charge on any atom is -0.493 e. The molecule has 1 heterocycles. The summed E-state index contributed by atoms with van der Waals surface area (Å²) in [5.41, 5.74) is 10.5. The molecule has 1 aromatic carbocycles. The minimum atomic E-state index is 0.138. The molecule has 0 saturated heterocycles. The summed E-state index contributed by atoms with van der Waals surface area (Å²) in [7, 11) is 0. The molecule has 1 unspecified atom stereocenters.